The van der Waals surface area contributed by atoms with E-state index in [0.717, 1.165) is 0 Å². The summed E-state index contributed by atoms with van der Waals surface area (Å²) in [7, 11) is 0. The number of pyridine rings is 1. The van der Waals surface area contributed by atoms with E-state index < -0.39 is 30.6 Å². The molecule has 36 heavy (non-hydrogen) atoms. The van der Waals surface area contributed by atoms with Crippen molar-refractivity contribution in [2.24, 2.45) is 0 Å². The Balaban J connectivity index is 1.36. The van der Waals surface area contributed by atoms with E-state index >= 15 is 0 Å². The third-order valence-electron chi connectivity index (χ3n) is 6.65. The Morgan fingerprint density at radius 3 is 2.67 bits per heavy atom. The number of hydrogen-bond acceptors (Lipinski definition) is 5. The van der Waals surface area contributed by atoms with E-state index in [4.69, 9.17) is 0 Å². The van der Waals surface area contributed by atoms with Gasteiger partial charge in [0.15, 0.2) is 5.65 Å². The first kappa shape index (κ1) is 24.2. The number of benzene rings is 1. The highest BCUT2D eigenvalue weighted by atomic mass is 79.9. The Kier molecular flexibility index (Phi) is 5.97. The molecular formula is C23H20BrF3N6O3. The molecule has 3 aromatic rings. The number of carbonyl (C=O) groups is 3. The van der Waals surface area contributed by atoms with Gasteiger partial charge in [-0.15, -0.1) is 0 Å². The highest BCUT2D eigenvalue weighted by molar-refractivity contribution is 9.10. The fourth-order valence-electron chi connectivity index (χ4n) is 4.93. The van der Waals surface area contributed by atoms with Crippen molar-refractivity contribution in [2.75, 3.05) is 31.1 Å². The Labute approximate surface area is 211 Å². The van der Waals surface area contributed by atoms with E-state index in [-0.39, 0.29) is 24.9 Å². The number of piperidine rings is 1. The van der Waals surface area contributed by atoms with Crippen LogP contribution in [0.1, 0.15) is 28.8 Å². The third kappa shape index (κ3) is 4.21. The predicted octanol–water partition coefficient (Wildman–Crippen LogP) is 2.92. The molecule has 9 nitrogen and oxygen atoms in total. The number of H-pyrrole nitrogens is 1. The van der Waals surface area contributed by atoms with Crippen molar-refractivity contribution in [3.05, 3.63) is 52.3 Å². The van der Waals surface area contributed by atoms with Crippen molar-refractivity contribution in [3.63, 3.8) is 0 Å². The number of nitrogens with zero attached hydrogens (tertiary/aromatic N) is 4. The van der Waals surface area contributed by atoms with E-state index in [0.29, 0.717) is 45.2 Å². The zero-order valence-corrected chi connectivity index (χ0v) is 20.3. The minimum Gasteiger partial charge on any atom is -0.345 e. The van der Waals surface area contributed by atoms with Crippen LogP contribution in [0.5, 0.6) is 0 Å². The minimum absolute atomic E-state index is 0.221. The second-order valence-electron chi connectivity index (χ2n) is 8.82. The van der Waals surface area contributed by atoms with Gasteiger partial charge in [-0.25, -0.2) is 4.98 Å². The van der Waals surface area contributed by atoms with Gasteiger partial charge in [0, 0.05) is 40.4 Å². The second kappa shape index (κ2) is 8.87. The van der Waals surface area contributed by atoms with Crippen LogP contribution in [-0.2, 0) is 15.0 Å². The van der Waals surface area contributed by atoms with Gasteiger partial charge in [-0.3, -0.25) is 19.5 Å². The summed E-state index contributed by atoms with van der Waals surface area (Å²) in [5, 5.41) is 9.17. The molecule has 1 saturated heterocycles. The van der Waals surface area contributed by atoms with E-state index in [2.05, 4.69) is 31.1 Å². The zero-order valence-electron chi connectivity index (χ0n) is 18.7. The number of anilines is 1. The van der Waals surface area contributed by atoms with Crippen LogP contribution in [0.3, 0.4) is 0 Å². The van der Waals surface area contributed by atoms with E-state index in [1.807, 2.05) is 5.32 Å². The molecule has 0 unspecified atom stereocenters. The highest BCUT2D eigenvalue weighted by Gasteiger charge is 2.53. The molecule has 0 saturated carbocycles. The molecule has 4 heterocycles. The molecule has 0 atom stereocenters. The quantitative estimate of drug-likeness (QED) is 0.506. The molecule has 1 aromatic carbocycles. The SMILES string of the molecule is O=C(CN1C(=O)C2(CCN(C(=O)c3cnc4[nH]ncc4c3)CC2)c2c(Br)cccc21)NCC(F)(F)F. The van der Waals surface area contributed by atoms with Crippen molar-refractivity contribution < 1.29 is 27.6 Å². The fourth-order valence-corrected chi connectivity index (χ4v) is 5.67. The summed E-state index contributed by atoms with van der Waals surface area (Å²) in [5.74, 6) is -1.49. The highest BCUT2D eigenvalue weighted by Crippen LogP contribution is 2.50. The molecule has 0 bridgehead atoms. The number of fused-ring (bicyclic) bond motifs is 3. The van der Waals surface area contributed by atoms with Gasteiger partial charge in [0.25, 0.3) is 5.91 Å². The maximum absolute atomic E-state index is 13.7. The molecule has 2 aliphatic rings. The smallest absolute Gasteiger partial charge is 0.345 e. The van der Waals surface area contributed by atoms with Crippen molar-refractivity contribution >= 4 is 50.4 Å². The van der Waals surface area contributed by atoms with Crippen LogP contribution in [0.25, 0.3) is 11.0 Å². The van der Waals surface area contributed by atoms with Crippen molar-refractivity contribution in [1.29, 1.82) is 0 Å². The summed E-state index contributed by atoms with van der Waals surface area (Å²) in [4.78, 5) is 46.1. The Morgan fingerprint density at radius 1 is 1.19 bits per heavy atom. The molecular weight excluding hydrogens is 545 g/mol. The summed E-state index contributed by atoms with van der Waals surface area (Å²) in [6.45, 7) is -1.44. The van der Waals surface area contributed by atoms with Crippen molar-refractivity contribution in [1.82, 2.24) is 25.4 Å². The number of carbonyl (C=O) groups excluding carboxylic acids is 3. The number of likely N-dealkylation sites (tertiary alicyclic amines) is 1. The lowest BCUT2D eigenvalue weighted by molar-refractivity contribution is -0.138. The van der Waals surface area contributed by atoms with Crippen LogP contribution in [-0.4, -0.2) is 70.2 Å². The summed E-state index contributed by atoms with van der Waals surface area (Å²) < 4.78 is 38.2. The standard InChI is InChI=1S/C23H20BrF3N6O3/c24-15-2-1-3-16-18(15)22(21(36)33(16)11-17(34)29-12-23(25,26)27)4-6-32(7-5-22)20(35)14-8-13-10-30-31-19(13)28-9-14/h1-3,8-10H,4-7,11-12H2,(H,29,34)(H,28,30,31). The molecule has 1 spiro atoms. The van der Waals surface area contributed by atoms with Gasteiger partial charge in [0.2, 0.25) is 11.8 Å². The lowest BCUT2D eigenvalue weighted by atomic mass is 9.73. The maximum Gasteiger partial charge on any atom is 0.405 e. The largest absolute Gasteiger partial charge is 0.405 e. The van der Waals surface area contributed by atoms with Crippen LogP contribution in [0, 0.1) is 0 Å². The van der Waals surface area contributed by atoms with Crippen LogP contribution in [0.2, 0.25) is 0 Å². The van der Waals surface area contributed by atoms with Crippen LogP contribution < -0.4 is 10.2 Å². The number of aromatic nitrogens is 3. The molecule has 0 radical (unpaired) electrons. The average molecular weight is 565 g/mol. The minimum atomic E-state index is -4.55. The summed E-state index contributed by atoms with van der Waals surface area (Å²) in [6, 6.07) is 6.86. The molecule has 3 amide bonds. The number of halogens is 4. The lowest BCUT2D eigenvalue weighted by Crippen LogP contribution is -2.51. The monoisotopic (exact) mass is 564 g/mol. The van der Waals surface area contributed by atoms with Gasteiger partial charge >= 0.3 is 6.18 Å². The van der Waals surface area contributed by atoms with Crippen molar-refractivity contribution in [2.45, 2.75) is 24.4 Å². The Hall–Kier alpha value is -3.48. The molecule has 0 aliphatic carbocycles. The molecule has 2 aliphatic heterocycles. The Bertz CT molecular complexity index is 1370. The molecule has 2 aromatic heterocycles. The zero-order chi connectivity index (χ0) is 25.7. The third-order valence-corrected chi connectivity index (χ3v) is 7.31. The van der Waals surface area contributed by atoms with E-state index in [9.17, 15) is 27.6 Å². The van der Waals surface area contributed by atoms with E-state index in [1.54, 1.807) is 35.4 Å². The number of alkyl halides is 3. The number of amides is 3. The fraction of sp³-hybridized carbons (Fsp3) is 0.348. The van der Waals surface area contributed by atoms with Gasteiger partial charge in [-0.05, 0) is 31.0 Å². The normalized spacial score (nSPS) is 17.1. The first-order valence-corrected chi connectivity index (χ1v) is 11.9. The first-order valence-electron chi connectivity index (χ1n) is 11.1. The van der Waals surface area contributed by atoms with Gasteiger partial charge < -0.3 is 15.1 Å². The van der Waals surface area contributed by atoms with Crippen LogP contribution >= 0.6 is 15.9 Å². The molecule has 13 heteroatoms. The van der Waals surface area contributed by atoms with Crippen molar-refractivity contribution in [3.8, 4) is 0 Å². The topological polar surface area (TPSA) is 111 Å². The van der Waals surface area contributed by atoms with Gasteiger partial charge in [-0.1, -0.05) is 22.0 Å². The summed E-state index contributed by atoms with van der Waals surface area (Å²) in [6.07, 6.45) is -0.898. The second-order valence-corrected chi connectivity index (χ2v) is 9.68. The Morgan fingerprint density at radius 2 is 1.94 bits per heavy atom. The molecule has 1 fully saturated rings. The predicted molar refractivity (Wildman–Crippen MR) is 126 cm³/mol. The average Bonchev–Trinajstić information content (AvgIpc) is 3.40. The number of nitrogens with one attached hydrogen (secondary N) is 2. The van der Waals surface area contributed by atoms with Gasteiger partial charge in [0.05, 0.1) is 17.2 Å². The summed E-state index contributed by atoms with van der Waals surface area (Å²) >= 11 is 3.51. The van der Waals surface area contributed by atoms with Crippen LogP contribution in [0.4, 0.5) is 18.9 Å². The molecule has 5 rings (SSSR count). The molecule has 2 N–H and O–H groups in total. The number of rotatable bonds is 4. The number of aromatic amines is 1. The maximum atomic E-state index is 13.7. The van der Waals surface area contributed by atoms with Crippen LogP contribution in [0.15, 0.2) is 41.1 Å². The first-order chi connectivity index (χ1) is 17.1. The van der Waals surface area contributed by atoms with Gasteiger partial charge in [0.1, 0.15) is 13.1 Å². The summed E-state index contributed by atoms with van der Waals surface area (Å²) in [5.41, 5.74) is 1.14. The number of hydrogen-bond donors (Lipinski definition) is 2. The van der Waals surface area contributed by atoms with E-state index in [1.165, 1.54) is 11.1 Å². The molecule has 188 valence electrons. The van der Waals surface area contributed by atoms with Gasteiger partial charge in [-0.2, -0.15) is 18.3 Å². The lowest BCUT2D eigenvalue weighted by Gasteiger charge is -2.38.